The summed E-state index contributed by atoms with van der Waals surface area (Å²) in [6, 6.07) is 7.30. The first-order chi connectivity index (χ1) is 8.19. The average Bonchev–Trinajstić information content (AvgIpc) is 2.34. The second-order valence-electron chi connectivity index (χ2n) is 3.17. The van der Waals surface area contributed by atoms with Gasteiger partial charge in [0.05, 0.1) is 12.0 Å². The Kier molecular flexibility index (Phi) is 4.90. The van der Waals surface area contributed by atoms with Crippen molar-refractivity contribution < 1.29 is 14.8 Å². The number of aliphatic hydroxyl groups excluding tert-OH is 1. The minimum absolute atomic E-state index is 0.254. The number of nitro groups is 1. The summed E-state index contributed by atoms with van der Waals surface area (Å²) in [5.41, 5.74) is 0.558. The lowest BCUT2D eigenvalue weighted by Gasteiger charge is -2.02. The minimum atomic E-state index is -0.618. The maximum atomic E-state index is 10.4. The average molecular weight is 235 g/mol. The number of hydrogen-bond acceptors (Lipinski definition) is 4. The zero-order chi connectivity index (χ0) is 12.7. The smallest absolute Gasteiger partial charge is 0.271 e. The SMILES string of the molecule is COc1ccccc1/C=C/C=C(\CO)[N+](=O)[O-]. The van der Waals surface area contributed by atoms with Gasteiger partial charge in [-0.2, -0.15) is 0 Å². The third-order valence-corrected chi connectivity index (χ3v) is 2.10. The molecule has 0 fully saturated rings. The molecule has 5 heteroatoms. The predicted octanol–water partition coefficient (Wildman–Crippen LogP) is 1.86. The Hall–Kier alpha value is -2.14. The van der Waals surface area contributed by atoms with Gasteiger partial charge in [0, 0.05) is 11.6 Å². The Bertz CT molecular complexity index is 452. The van der Waals surface area contributed by atoms with Gasteiger partial charge in [-0.3, -0.25) is 10.1 Å². The monoisotopic (exact) mass is 235 g/mol. The lowest BCUT2D eigenvalue weighted by Crippen LogP contribution is -2.02. The largest absolute Gasteiger partial charge is 0.496 e. The molecule has 5 nitrogen and oxygen atoms in total. The fourth-order valence-electron chi connectivity index (χ4n) is 1.24. The van der Waals surface area contributed by atoms with E-state index in [-0.39, 0.29) is 5.70 Å². The topological polar surface area (TPSA) is 72.6 Å². The summed E-state index contributed by atoms with van der Waals surface area (Å²) in [6.07, 6.45) is 4.44. The van der Waals surface area contributed by atoms with Crippen molar-refractivity contribution >= 4 is 6.08 Å². The number of benzene rings is 1. The molecule has 0 saturated carbocycles. The lowest BCUT2D eigenvalue weighted by atomic mass is 10.2. The van der Waals surface area contributed by atoms with E-state index in [0.29, 0.717) is 5.75 Å². The zero-order valence-corrected chi connectivity index (χ0v) is 9.37. The Morgan fingerprint density at radius 2 is 2.24 bits per heavy atom. The van der Waals surface area contributed by atoms with Crippen LogP contribution in [0.3, 0.4) is 0 Å². The van der Waals surface area contributed by atoms with Crippen LogP contribution in [0.2, 0.25) is 0 Å². The second kappa shape index (κ2) is 6.44. The Morgan fingerprint density at radius 1 is 1.53 bits per heavy atom. The molecule has 0 atom stereocenters. The van der Waals surface area contributed by atoms with Gasteiger partial charge in [0.1, 0.15) is 12.4 Å². The third kappa shape index (κ3) is 3.73. The fourth-order valence-corrected chi connectivity index (χ4v) is 1.24. The minimum Gasteiger partial charge on any atom is -0.496 e. The molecular formula is C12H13NO4. The highest BCUT2D eigenvalue weighted by molar-refractivity contribution is 5.58. The zero-order valence-electron chi connectivity index (χ0n) is 9.37. The van der Waals surface area contributed by atoms with Crippen molar-refractivity contribution in [3.63, 3.8) is 0 Å². The number of ether oxygens (including phenoxy) is 1. The van der Waals surface area contributed by atoms with Crippen molar-refractivity contribution in [3.05, 3.63) is 57.8 Å². The highest BCUT2D eigenvalue weighted by atomic mass is 16.6. The van der Waals surface area contributed by atoms with Crippen LogP contribution in [0.4, 0.5) is 0 Å². The van der Waals surface area contributed by atoms with Crippen LogP contribution in [-0.2, 0) is 0 Å². The molecule has 0 aromatic heterocycles. The lowest BCUT2D eigenvalue weighted by molar-refractivity contribution is -0.429. The van der Waals surface area contributed by atoms with Crippen LogP contribution in [0.25, 0.3) is 6.08 Å². The van der Waals surface area contributed by atoms with Crippen LogP contribution < -0.4 is 4.74 Å². The summed E-state index contributed by atoms with van der Waals surface area (Å²) in [6.45, 7) is -0.594. The normalized spacial score (nSPS) is 11.8. The molecule has 1 N–H and O–H groups in total. The summed E-state index contributed by atoms with van der Waals surface area (Å²) in [5.74, 6) is 0.684. The first kappa shape index (κ1) is 12.9. The quantitative estimate of drug-likeness (QED) is 0.480. The van der Waals surface area contributed by atoms with Gasteiger partial charge in [-0.15, -0.1) is 0 Å². The molecular weight excluding hydrogens is 222 g/mol. The van der Waals surface area contributed by atoms with Gasteiger partial charge in [0.25, 0.3) is 5.70 Å². The standard InChI is InChI=1S/C12H13NO4/c1-17-12-8-3-2-5-10(12)6-4-7-11(9-14)13(15)16/h2-8,14H,9H2,1H3/b6-4+,11-7+. The summed E-state index contributed by atoms with van der Waals surface area (Å²) >= 11 is 0. The molecule has 1 aromatic rings. The number of methoxy groups -OCH3 is 1. The van der Waals surface area contributed by atoms with Gasteiger partial charge in [-0.1, -0.05) is 30.4 Å². The molecule has 0 aliphatic rings. The molecule has 0 spiro atoms. The van der Waals surface area contributed by atoms with Crippen LogP contribution in [0, 0.1) is 10.1 Å². The number of aliphatic hydroxyl groups is 1. The molecule has 0 amide bonds. The van der Waals surface area contributed by atoms with E-state index in [1.165, 1.54) is 12.2 Å². The first-order valence-electron chi connectivity index (χ1n) is 4.94. The van der Waals surface area contributed by atoms with Gasteiger partial charge in [-0.25, -0.2) is 0 Å². The molecule has 1 rings (SSSR count). The molecule has 0 radical (unpaired) electrons. The van der Waals surface area contributed by atoms with Gasteiger partial charge < -0.3 is 9.84 Å². The van der Waals surface area contributed by atoms with Crippen molar-refractivity contribution in [2.75, 3.05) is 13.7 Å². The van der Waals surface area contributed by atoms with Crippen molar-refractivity contribution in [2.45, 2.75) is 0 Å². The summed E-state index contributed by atoms with van der Waals surface area (Å²) in [4.78, 5) is 9.80. The van der Waals surface area contributed by atoms with Crippen LogP contribution in [0.1, 0.15) is 5.56 Å². The maximum Gasteiger partial charge on any atom is 0.271 e. The number of nitrogens with zero attached hydrogens (tertiary/aromatic N) is 1. The summed E-state index contributed by atoms with van der Waals surface area (Å²) < 4.78 is 5.12. The number of allylic oxidation sites excluding steroid dienone is 2. The molecule has 1 aromatic carbocycles. The van der Waals surface area contributed by atoms with Gasteiger partial charge >= 0.3 is 0 Å². The molecule has 0 heterocycles. The van der Waals surface area contributed by atoms with E-state index in [1.54, 1.807) is 19.3 Å². The van der Waals surface area contributed by atoms with Gasteiger partial charge in [0.15, 0.2) is 0 Å². The number of rotatable bonds is 5. The number of para-hydroxylation sites is 1. The van der Waals surface area contributed by atoms with Crippen molar-refractivity contribution in [3.8, 4) is 5.75 Å². The predicted molar refractivity (Wildman–Crippen MR) is 64.2 cm³/mol. The highest BCUT2D eigenvalue weighted by Crippen LogP contribution is 2.18. The Balaban J connectivity index is 2.87. The van der Waals surface area contributed by atoms with E-state index >= 15 is 0 Å². The molecule has 0 saturated heterocycles. The molecule has 17 heavy (non-hydrogen) atoms. The van der Waals surface area contributed by atoms with Gasteiger partial charge in [-0.05, 0) is 6.07 Å². The molecule has 0 aliphatic carbocycles. The molecule has 0 unspecified atom stereocenters. The number of hydrogen-bond donors (Lipinski definition) is 1. The van der Waals surface area contributed by atoms with Crippen LogP contribution >= 0.6 is 0 Å². The van der Waals surface area contributed by atoms with E-state index in [9.17, 15) is 10.1 Å². The van der Waals surface area contributed by atoms with Crippen LogP contribution in [-0.4, -0.2) is 23.7 Å². The van der Waals surface area contributed by atoms with Crippen LogP contribution in [0.5, 0.6) is 5.75 Å². The van der Waals surface area contributed by atoms with Gasteiger partial charge in [0.2, 0.25) is 0 Å². The fraction of sp³-hybridized carbons (Fsp3) is 0.167. The molecule has 0 aliphatic heterocycles. The van der Waals surface area contributed by atoms with E-state index < -0.39 is 11.5 Å². The van der Waals surface area contributed by atoms with E-state index in [4.69, 9.17) is 9.84 Å². The maximum absolute atomic E-state index is 10.4. The van der Waals surface area contributed by atoms with Crippen molar-refractivity contribution in [1.82, 2.24) is 0 Å². The summed E-state index contributed by atoms with van der Waals surface area (Å²) in [5, 5.41) is 19.1. The second-order valence-corrected chi connectivity index (χ2v) is 3.17. The van der Waals surface area contributed by atoms with Crippen LogP contribution in [0.15, 0.2) is 42.1 Å². The van der Waals surface area contributed by atoms with E-state index in [1.807, 2.05) is 18.2 Å². The van der Waals surface area contributed by atoms with E-state index in [0.717, 1.165) is 5.56 Å². The van der Waals surface area contributed by atoms with Crippen molar-refractivity contribution in [1.29, 1.82) is 0 Å². The summed E-state index contributed by atoms with van der Waals surface area (Å²) in [7, 11) is 1.55. The third-order valence-electron chi connectivity index (χ3n) is 2.10. The molecule has 90 valence electrons. The first-order valence-corrected chi connectivity index (χ1v) is 4.94. The van der Waals surface area contributed by atoms with Crippen molar-refractivity contribution in [2.24, 2.45) is 0 Å². The highest BCUT2D eigenvalue weighted by Gasteiger charge is 2.05. The molecule has 0 bridgehead atoms. The Labute approximate surface area is 98.8 Å². The Morgan fingerprint density at radius 3 is 2.82 bits per heavy atom. The van der Waals surface area contributed by atoms with E-state index in [2.05, 4.69) is 0 Å².